The number of carbonyl (C=O) groups excluding carboxylic acids is 2. The van der Waals surface area contributed by atoms with E-state index in [2.05, 4.69) is 20.1 Å². The van der Waals surface area contributed by atoms with Crippen molar-refractivity contribution in [2.75, 3.05) is 34.3 Å². The summed E-state index contributed by atoms with van der Waals surface area (Å²) in [7, 11) is -5.74. The van der Waals surface area contributed by atoms with E-state index in [0.717, 1.165) is 10.8 Å². The van der Waals surface area contributed by atoms with Crippen molar-refractivity contribution < 1.29 is 35.9 Å². The molecule has 6 rings (SSSR count). The van der Waals surface area contributed by atoms with Gasteiger partial charge >= 0.3 is 11.9 Å². The summed E-state index contributed by atoms with van der Waals surface area (Å²) in [5, 5.41) is 9.38. The molecular formula is C37H28Cl2N4O8S3. The van der Waals surface area contributed by atoms with E-state index in [-0.39, 0.29) is 47.5 Å². The molecule has 0 radical (unpaired) electrons. The van der Waals surface area contributed by atoms with Crippen LogP contribution in [0.4, 0.5) is 22.7 Å². The summed E-state index contributed by atoms with van der Waals surface area (Å²) in [6.07, 6.45) is 0. The Bertz CT molecular complexity index is 2540. The molecule has 0 aliphatic carbocycles. The van der Waals surface area contributed by atoms with Gasteiger partial charge in [-0.2, -0.15) is 0 Å². The lowest BCUT2D eigenvalue weighted by Crippen LogP contribution is -2.19. The number of esters is 2. The lowest BCUT2D eigenvalue weighted by atomic mass is 10.1. The van der Waals surface area contributed by atoms with Crippen molar-refractivity contribution in [2.45, 2.75) is 9.79 Å². The van der Waals surface area contributed by atoms with Crippen LogP contribution < -0.4 is 20.1 Å². The smallest absolute Gasteiger partial charge is 0.339 e. The summed E-state index contributed by atoms with van der Waals surface area (Å²) in [6, 6.07) is 28.2. The van der Waals surface area contributed by atoms with E-state index >= 15 is 0 Å². The Morgan fingerprint density at radius 3 is 1.28 bits per heavy atom. The number of rotatable bonds is 10. The van der Waals surface area contributed by atoms with Crippen LogP contribution in [-0.4, -0.2) is 48.1 Å². The van der Waals surface area contributed by atoms with Crippen molar-refractivity contribution in [2.24, 2.45) is 0 Å². The largest absolute Gasteiger partial charge is 0.465 e. The first kappa shape index (κ1) is 38.3. The van der Waals surface area contributed by atoms with E-state index in [1.807, 2.05) is 0 Å². The van der Waals surface area contributed by atoms with E-state index in [1.54, 1.807) is 48.5 Å². The van der Waals surface area contributed by atoms with Crippen molar-refractivity contribution in [1.29, 1.82) is 0 Å². The number of sulfonamides is 2. The zero-order chi connectivity index (χ0) is 38.8. The minimum absolute atomic E-state index is 0.0138. The molecule has 0 atom stereocenters. The average Bonchev–Trinajstić information content (AvgIpc) is 3.14. The third kappa shape index (κ3) is 8.51. The number of benzene rings is 6. The second-order valence-electron chi connectivity index (χ2n) is 11.6. The molecule has 12 nitrogen and oxygen atoms in total. The molecule has 0 aliphatic rings. The standard InChI is InChI=1S/C37H28Cl2N4O8S3/c1-50-35(44)31-19-27(9-13-33(31)38)42-53(46,47)29-11-5-21-3-7-25(15-23(21)17-29)40-37(52)41-26-8-4-22-6-12-30(18-24(22)16-26)54(48,49)43-28-10-14-34(39)32(20-28)36(45)51-2/h3-20,42-43H,1-2H3,(H2,40,41,52). The lowest BCUT2D eigenvalue weighted by molar-refractivity contribution is 0.0592. The molecule has 0 saturated heterocycles. The minimum Gasteiger partial charge on any atom is -0.465 e. The first-order chi connectivity index (χ1) is 25.6. The molecule has 0 aromatic heterocycles. The fourth-order valence-corrected chi connectivity index (χ4v) is 8.17. The number of thiocarbonyl (C=S) groups is 1. The average molecular weight is 824 g/mol. The molecule has 0 heterocycles. The third-order valence-corrected chi connectivity index (χ3v) is 11.6. The van der Waals surface area contributed by atoms with Crippen LogP contribution in [0.15, 0.2) is 119 Å². The number of fused-ring (bicyclic) bond motifs is 2. The van der Waals surface area contributed by atoms with Crippen LogP contribution >= 0.6 is 35.4 Å². The monoisotopic (exact) mass is 822 g/mol. The summed E-state index contributed by atoms with van der Waals surface area (Å²) in [5.41, 5.74) is 1.42. The number of halogens is 2. The van der Waals surface area contributed by atoms with E-state index in [9.17, 15) is 26.4 Å². The maximum Gasteiger partial charge on any atom is 0.339 e. The van der Waals surface area contributed by atoms with Gasteiger partial charge in [0.1, 0.15) is 0 Å². The molecule has 54 heavy (non-hydrogen) atoms. The molecule has 6 aromatic rings. The molecule has 0 spiro atoms. The van der Waals surface area contributed by atoms with Crippen molar-refractivity contribution in [1.82, 2.24) is 0 Å². The van der Waals surface area contributed by atoms with Crippen molar-refractivity contribution in [3.05, 3.63) is 130 Å². The van der Waals surface area contributed by atoms with Gasteiger partial charge in [0.2, 0.25) is 0 Å². The number of anilines is 4. The Morgan fingerprint density at radius 1 is 0.519 bits per heavy atom. The fourth-order valence-electron chi connectivity index (χ4n) is 5.37. The van der Waals surface area contributed by atoms with Gasteiger partial charge in [-0.25, -0.2) is 26.4 Å². The third-order valence-electron chi connectivity index (χ3n) is 8.01. The molecular weight excluding hydrogens is 796 g/mol. The van der Waals surface area contributed by atoms with E-state index in [4.69, 9.17) is 44.9 Å². The van der Waals surface area contributed by atoms with Gasteiger partial charge in [-0.15, -0.1) is 0 Å². The van der Waals surface area contributed by atoms with E-state index in [0.29, 0.717) is 22.1 Å². The van der Waals surface area contributed by atoms with Crippen LogP contribution in [0, 0.1) is 0 Å². The first-order valence-electron chi connectivity index (χ1n) is 15.6. The summed E-state index contributed by atoms with van der Waals surface area (Å²) in [4.78, 5) is 24.0. The number of nitrogens with one attached hydrogen (secondary N) is 4. The maximum absolute atomic E-state index is 13.3. The Kier molecular flexibility index (Phi) is 11.0. The molecule has 0 fully saturated rings. The summed E-state index contributed by atoms with van der Waals surface area (Å²) in [6.45, 7) is 0. The van der Waals surface area contributed by atoms with Gasteiger partial charge in [-0.3, -0.25) is 9.44 Å². The quantitative estimate of drug-likeness (QED) is 0.0775. The van der Waals surface area contributed by atoms with Gasteiger partial charge in [-0.1, -0.05) is 47.5 Å². The van der Waals surface area contributed by atoms with Crippen molar-refractivity contribution in [3.8, 4) is 0 Å². The van der Waals surface area contributed by atoms with E-state index < -0.39 is 32.0 Å². The van der Waals surface area contributed by atoms with Crippen molar-refractivity contribution >= 4 is 117 Å². The van der Waals surface area contributed by atoms with E-state index in [1.165, 1.54) is 74.9 Å². The lowest BCUT2D eigenvalue weighted by Gasteiger charge is -2.14. The van der Waals surface area contributed by atoms with Gasteiger partial charge in [0, 0.05) is 22.7 Å². The van der Waals surface area contributed by atoms with Crippen LogP contribution in [0.25, 0.3) is 21.5 Å². The second kappa shape index (κ2) is 15.5. The highest BCUT2D eigenvalue weighted by atomic mass is 35.5. The molecule has 0 aliphatic heterocycles. The molecule has 0 bridgehead atoms. The van der Waals surface area contributed by atoms with Gasteiger partial charge < -0.3 is 20.1 Å². The van der Waals surface area contributed by atoms with Crippen LogP contribution in [0.2, 0.25) is 10.0 Å². The van der Waals surface area contributed by atoms with Gasteiger partial charge in [0.25, 0.3) is 20.0 Å². The normalized spacial score (nSPS) is 11.5. The van der Waals surface area contributed by atoms with Crippen LogP contribution in [-0.2, 0) is 29.5 Å². The van der Waals surface area contributed by atoms with Crippen LogP contribution in [0.5, 0.6) is 0 Å². The topological polar surface area (TPSA) is 169 Å². The van der Waals surface area contributed by atoms with Gasteiger partial charge in [0.05, 0.1) is 45.2 Å². The molecule has 0 amide bonds. The molecule has 0 saturated carbocycles. The second-order valence-corrected chi connectivity index (χ2v) is 16.2. The molecule has 0 unspecified atom stereocenters. The number of hydrogen-bond acceptors (Lipinski definition) is 9. The van der Waals surface area contributed by atoms with Crippen LogP contribution in [0.1, 0.15) is 20.7 Å². The van der Waals surface area contributed by atoms with Gasteiger partial charge in [-0.05, 0) is 119 Å². The number of ether oxygens (including phenoxy) is 2. The summed E-state index contributed by atoms with van der Waals surface area (Å²) in [5.74, 6) is -1.41. The maximum atomic E-state index is 13.3. The Morgan fingerprint density at radius 2 is 0.889 bits per heavy atom. The first-order valence-corrected chi connectivity index (χ1v) is 19.8. The zero-order valence-corrected chi connectivity index (χ0v) is 32.1. The Balaban J connectivity index is 1.17. The molecule has 276 valence electrons. The summed E-state index contributed by atoms with van der Waals surface area (Å²) >= 11 is 17.7. The molecule has 6 aromatic carbocycles. The SMILES string of the molecule is COC(=O)c1cc(NS(=O)(=O)c2ccc3ccc(NC(=S)Nc4ccc5ccc(S(=O)(=O)Nc6ccc(Cl)c(C(=O)OC)c6)cc5c4)cc3c2)ccc1Cl. The molecule has 17 heteroatoms. The van der Waals surface area contributed by atoms with Gasteiger partial charge in [0.15, 0.2) is 5.11 Å². The number of carbonyl (C=O) groups is 2. The highest BCUT2D eigenvalue weighted by Crippen LogP contribution is 2.29. The predicted octanol–water partition coefficient (Wildman–Crippen LogP) is 8.28. The fraction of sp³-hybridized carbons (Fsp3) is 0.0541. The van der Waals surface area contributed by atoms with Crippen LogP contribution in [0.3, 0.4) is 0 Å². The number of hydrogen-bond donors (Lipinski definition) is 4. The summed E-state index contributed by atoms with van der Waals surface area (Å²) < 4.78 is 67.5. The Hall–Kier alpha value is -5.45. The Labute approximate surface area is 325 Å². The minimum atomic E-state index is -4.06. The van der Waals surface area contributed by atoms with Crippen molar-refractivity contribution in [3.63, 3.8) is 0 Å². The number of methoxy groups -OCH3 is 2. The zero-order valence-electron chi connectivity index (χ0n) is 28.1. The predicted molar refractivity (Wildman–Crippen MR) is 215 cm³/mol. The highest BCUT2D eigenvalue weighted by molar-refractivity contribution is 7.93. The highest BCUT2D eigenvalue weighted by Gasteiger charge is 2.20. The molecule has 4 N–H and O–H groups in total.